The van der Waals surface area contributed by atoms with Crippen molar-refractivity contribution in [1.82, 2.24) is 0 Å². The average Bonchev–Trinajstić information content (AvgIpc) is 2.15. The lowest BCUT2D eigenvalue weighted by Crippen LogP contribution is -2.13. The van der Waals surface area contributed by atoms with E-state index in [-0.39, 0.29) is 5.84 Å². The van der Waals surface area contributed by atoms with Crippen LogP contribution in [-0.2, 0) is 14.2 Å². The fraction of sp³-hybridized carbons (Fsp3) is 0.889. The Morgan fingerprint density at radius 1 is 1.07 bits per heavy atom. The number of hydrogen-bond acceptors (Lipinski definition) is 4. The third-order valence-electron chi connectivity index (χ3n) is 1.52. The minimum atomic E-state index is 0.168. The Hall–Kier alpha value is -0.650. The Labute approximate surface area is 85.0 Å². The van der Waals surface area contributed by atoms with Crippen LogP contribution in [0.1, 0.15) is 12.8 Å². The van der Waals surface area contributed by atoms with Gasteiger partial charge in [-0.15, -0.1) is 0 Å². The topological polar surface area (TPSA) is 77.6 Å². The number of methoxy groups -OCH3 is 1. The molecule has 0 aliphatic rings. The number of hydrogen-bond donors (Lipinski definition) is 2. The summed E-state index contributed by atoms with van der Waals surface area (Å²) in [6.07, 6.45) is 1.37. The first-order valence-corrected chi connectivity index (χ1v) is 4.74. The van der Waals surface area contributed by atoms with Gasteiger partial charge in [-0.2, -0.15) is 0 Å². The maximum atomic E-state index is 6.95. The first-order chi connectivity index (χ1) is 6.77. The lowest BCUT2D eigenvalue weighted by molar-refractivity contribution is 0.0524. The van der Waals surface area contributed by atoms with Gasteiger partial charge in [0, 0.05) is 26.7 Å². The Balaban J connectivity index is 2.88. The van der Waals surface area contributed by atoms with Crippen molar-refractivity contribution < 1.29 is 14.2 Å². The molecule has 0 fully saturated rings. The van der Waals surface area contributed by atoms with Gasteiger partial charge in [-0.05, 0) is 6.42 Å². The zero-order chi connectivity index (χ0) is 10.6. The van der Waals surface area contributed by atoms with Gasteiger partial charge in [-0.25, -0.2) is 0 Å². The molecule has 0 amide bonds. The molecule has 0 aromatic heterocycles. The van der Waals surface area contributed by atoms with Gasteiger partial charge in [-0.1, -0.05) is 0 Å². The monoisotopic (exact) mass is 204 g/mol. The van der Waals surface area contributed by atoms with E-state index < -0.39 is 0 Å². The fourth-order valence-electron chi connectivity index (χ4n) is 0.792. The van der Waals surface area contributed by atoms with Gasteiger partial charge in [0.05, 0.1) is 25.7 Å². The van der Waals surface area contributed by atoms with E-state index in [1.165, 1.54) is 0 Å². The van der Waals surface area contributed by atoms with Gasteiger partial charge < -0.3 is 19.9 Å². The third kappa shape index (κ3) is 11.4. The molecule has 0 rings (SSSR count). The molecule has 0 saturated heterocycles. The molecule has 0 aliphatic heterocycles. The summed E-state index contributed by atoms with van der Waals surface area (Å²) in [5.41, 5.74) is 5.15. The zero-order valence-corrected chi connectivity index (χ0v) is 8.75. The highest BCUT2D eigenvalue weighted by atomic mass is 16.5. The van der Waals surface area contributed by atoms with Crippen LogP contribution >= 0.6 is 0 Å². The standard InChI is InChI=1S/C9H20N2O3/c1-12-7-8-14-5-2-4-13-6-3-9(10)11/h2-8H2,1H3,(H3,10,11). The molecule has 0 saturated carbocycles. The van der Waals surface area contributed by atoms with Crippen molar-refractivity contribution in [3.8, 4) is 0 Å². The van der Waals surface area contributed by atoms with Gasteiger partial charge >= 0.3 is 0 Å². The molecule has 0 bridgehead atoms. The molecule has 14 heavy (non-hydrogen) atoms. The molecular weight excluding hydrogens is 184 g/mol. The highest BCUT2D eigenvalue weighted by molar-refractivity contribution is 5.76. The van der Waals surface area contributed by atoms with Crippen LogP contribution < -0.4 is 5.73 Å². The Kier molecular flexibility index (Phi) is 9.95. The Morgan fingerprint density at radius 3 is 2.29 bits per heavy atom. The van der Waals surface area contributed by atoms with Crippen LogP contribution in [0.5, 0.6) is 0 Å². The van der Waals surface area contributed by atoms with E-state index in [0.717, 1.165) is 6.42 Å². The number of ether oxygens (including phenoxy) is 3. The van der Waals surface area contributed by atoms with E-state index in [1.807, 2.05) is 0 Å². The van der Waals surface area contributed by atoms with Crippen molar-refractivity contribution in [2.75, 3.05) is 40.1 Å². The lowest BCUT2D eigenvalue weighted by Gasteiger charge is -2.04. The molecule has 0 aliphatic carbocycles. The van der Waals surface area contributed by atoms with E-state index in [1.54, 1.807) is 7.11 Å². The SMILES string of the molecule is COCCOCCCOCCC(=N)N. The molecule has 3 N–H and O–H groups in total. The number of rotatable bonds is 10. The van der Waals surface area contributed by atoms with Crippen LogP contribution in [0.3, 0.4) is 0 Å². The van der Waals surface area contributed by atoms with Crippen molar-refractivity contribution in [2.45, 2.75) is 12.8 Å². The van der Waals surface area contributed by atoms with Crippen molar-refractivity contribution >= 4 is 5.84 Å². The molecule has 0 unspecified atom stereocenters. The van der Waals surface area contributed by atoms with Crippen molar-refractivity contribution in [2.24, 2.45) is 5.73 Å². The molecule has 0 radical (unpaired) electrons. The number of nitrogens with two attached hydrogens (primary N) is 1. The molecule has 0 aromatic rings. The van der Waals surface area contributed by atoms with E-state index >= 15 is 0 Å². The highest BCUT2D eigenvalue weighted by Gasteiger charge is 1.92. The lowest BCUT2D eigenvalue weighted by atomic mass is 10.4. The maximum Gasteiger partial charge on any atom is 0.0928 e. The van der Waals surface area contributed by atoms with Crippen LogP contribution in [0.15, 0.2) is 0 Å². The minimum absolute atomic E-state index is 0.168. The number of nitrogens with one attached hydrogen (secondary N) is 1. The summed E-state index contributed by atoms with van der Waals surface area (Å²) in [7, 11) is 1.65. The molecule has 84 valence electrons. The molecule has 0 heterocycles. The van der Waals surface area contributed by atoms with Crippen molar-refractivity contribution in [3.05, 3.63) is 0 Å². The van der Waals surface area contributed by atoms with Crippen LogP contribution in [0.2, 0.25) is 0 Å². The zero-order valence-electron chi connectivity index (χ0n) is 8.75. The molecule has 0 atom stereocenters. The van der Waals surface area contributed by atoms with Crippen LogP contribution in [0.4, 0.5) is 0 Å². The van der Waals surface area contributed by atoms with Gasteiger partial charge in [0.25, 0.3) is 0 Å². The highest BCUT2D eigenvalue weighted by Crippen LogP contribution is 1.87. The smallest absolute Gasteiger partial charge is 0.0928 e. The van der Waals surface area contributed by atoms with Crippen LogP contribution in [0, 0.1) is 5.41 Å². The predicted octanol–water partition coefficient (Wildman–Crippen LogP) is 0.382. The second-order valence-corrected chi connectivity index (χ2v) is 2.85. The first kappa shape index (κ1) is 13.4. The summed E-state index contributed by atoms with van der Waals surface area (Å²) in [6, 6.07) is 0. The van der Waals surface area contributed by atoms with Gasteiger partial charge in [0.2, 0.25) is 0 Å². The Bertz CT molecular complexity index is 142. The van der Waals surface area contributed by atoms with Gasteiger partial charge in [-0.3, -0.25) is 5.41 Å². The largest absolute Gasteiger partial charge is 0.388 e. The molecule has 5 heteroatoms. The van der Waals surface area contributed by atoms with E-state index in [9.17, 15) is 0 Å². The molecule has 0 aromatic carbocycles. The first-order valence-electron chi connectivity index (χ1n) is 4.74. The van der Waals surface area contributed by atoms with Gasteiger partial charge in [0.15, 0.2) is 0 Å². The summed E-state index contributed by atoms with van der Waals surface area (Å²) in [5.74, 6) is 0.168. The van der Waals surface area contributed by atoms with Crippen LogP contribution in [0.25, 0.3) is 0 Å². The second-order valence-electron chi connectivity index (χ2n) is 2.85. The summed E-state index contributed by atoms with van der Waals surface area (Å²) in [6.45, 7) is 3.12. The normalized spacial score (nSPS) is 10.4. The van der Waals surface area contributed by atoms with Crippen LogP contribution in [-0.4, -0.2) is 46.0 Å². The summed E-state index contributed by atoms with van der Waals surface area (Å²) >= 11 is 0. The van der Waals surface area contributed by atoms with E-state index in [0.29, 0.717) is 39.5 Å². The number of amidine groups is 1. The van der Waals surface area contributed by atoms with Gasteiger partial charge in [0.1, 0.15) is 0 Å². The quantitative estimate of drug-likeness (QED) is 0.306. The van der Waals surface area contributed by atoms with E-state index in [4.69, 9.17) is 25.4 Å². The fourth-order valence-corrected chi connectivity index (χ4v) is 0.792. The molecule has 5 nitrogen and oxygen atoms in total. The van der Waals surface area contributed by atoms with E-state index in [2.05, 4.69) is 0 Å². The average molecular weight is 204 g/mol. The summed E-state index contributed by atoms with van der Waals surface area (Å²) in [5, 5.41) is 6.95. The minimum Gasteiger partial charge on any atom is -0.388 e. The second kappa shape index (κ2) is 10.4. The summed E-state index contributed by atoms with van der Waals surface area (Å²) < 4.78 is 15.3. The molecular formula is C9H20N2O3. The third-order valence-corrected chi connectivity index (χ3v) is 1.52. The van der Waals surface area contributed by atoms with Crippen molar-refractivity contribution in [1.29, 1.82) is 5.41 Å². The predicted molar refractivity (Wildman–Crippen MR) is 54.7 cm³/mol. The summed E-state index contributed by atoms with van der Waals surface area (Å²) in [4.78, 5) is 0. The Morgan fingerprint density at radius 2 is 1.71 bits per heavy atom. The van der Waals surface area contributed by atoms with Crippen molar-refractivity contribution in [3.63, 3.8) is 0 Å². The maximum absolute atomic E-state index is 6.95. The molecule has 0 spiro atoms.